The van der Waals surface area contributed by atoms with Gasteiger partial charge in [0.05, 0.1) is 23.8 Å². The number of rotatable bonds is 6. The van der Waals surface area contributed by atoms with Crippen LogP contribution in [-0.4, -0.2) is 16.5 Å². The first-order valence-corrected chi connectivity index (χ1v) is 6.65. The van der Waals surface area contributed by atoms with Crippen molar-refractivity contribution in [1.29, 1.82) is 0 Å². The third-order valence-corrected chi connectivity index (χ3v) is 2.91. The van der Waals surface area contributed by atoms with Crippen LogP contribution in [0.3, 0.4) is 0 Å². The molecule has 0 amide bonds. The molecule has 0 aromatic carbocycles. The largest absolute Gasteiger partial charge is 0.384 e. The van der Waals surface area contributed by atoms with Crippen molar-refractivity contribution in [1.82, 2.24) is 9.97 Å². The summed E-state index contributed by atoms with van der Waals surface area (Å²) in [4.78, 5) is 8.28. The minimum absolute atomic E-state index is 0.228. The van der Waals surface area contributed by atoms with Gasteiger partial charge in [0, 0.05) is 25.0 Å². The summed E-state index contributed by atoms with van der Waals surface area (Å²) in [7, 11) is 0. The molecule has 0 saturated heterocycles. The average molecular weight is 256 g/mol. The van der Waals surface area contributed by atoms with E-state index in [4.69, 9.17) is 0 Å². The summed E-state index contributed by atoms with van der Waals surface area (Å²) < 4.78 is 0. The third kappa shape index (κ3) is 3.95. The number of pyridine rings is 2. The SMILES string of the molecule is CCCNc1cncc(NC(C)c2ccncc2)c1. The van der Waals surface area contributed by atoms with Gasteiger partial charge in [0.1, 0.15) is 0 Å². The topological polar surface area (TPSA) is 49.8 Å². The van der Waals surface area contributed by atoms with Crippen LogP contribution in [0.2, 0.25) is 0 Å². The number of hydrogen-bond acceptors (Lipinski definition) is 4. The standard InChI is InChI=1S/C15H20N4/c1-3-6-18-14-9-15(11-17-10-14)19-12(2)13-4-7-16-8-5-13/h4-5,7-12,18-19H,3,6H2,1-2H3. The fraction of sp³-hybridized carbons (Fsp3) is 0.333. The van der Waals surface area contributed by atoms with E-state index in [0.29, 0.717) is 0 Å². The quantitative estimate of drug-likeness (QED) is 0.831. The van der Waals surface area contributed by atoms with E-state index in [2.05, 4.69) is 40.5 Å². The first kappa shape index (κ1) is 13.3. The lowest BCUT2D eigenvalue weighted by molar-refractivity contribution is 0.878. The fourth-order valence-electron chi connectivity index (χ4n) is 1.87. The first-order valence-electron chi connectivity index (χ1n) is 6.65. The van der Waals surface area contributed by atoms with Gasteiger partial charge < -0.3 is 10.6 Å². The van der Waals surface area contributed by atoms with Crippen LogP contribution in [0.4, 0.5) is 11.4 Å². The number of anilines is 2. The molecule has 0 saturated carbocycles. The van der Waals surface area contributed by atoms with E-state index in [0.717, 1.165) is 24.3 Å². The molecule has 0 spiro atoms. The van der Waals surface area contributed by atoms with E-state index in [1.165, 1.54) is 5.56 Å². The van der Waals surface area contributed by atoms with Crippen molar-refractivity contribution in [2.75, 3.05) is 17.2 Å². The van der Waals surface area contributed by atoms with Crippen LogP contribution < -0.4 is 10.6 Å². The highest BCUT2D eigenvalue weighted by Crippen LogP contribution is 2.20. The molecule has 2 N–H and O–H groups in total. The third-order valence-electron chi connectivity index (χ3n) is 2.91. The highest BCUT2D eigenvalue weighted by atomic mass is 14.9. The van der Waals surface area contributed by atoms with Crippen molar-refractivity contribution in [2.24, 2.45) is 0 Å². The van der Waals surface area contributed by atoms with Crippen LogP contribution in [0, 0.1) is 0 Å². The smallest absolute Gasteiger partial charge is 0.0552 e. The fourth-order valence-corrected chi connectivity index (χ4v) is 1.87. The summed E-state index contributed by atoms with van der Waals surface area (Å²) in [5, 5.41) is 6.78. The van der Waals surface area contributed by atoms with Crippen molar-refractivity contribution in [3.05, 3.63) is 48.5 Å². The molecule has 19 heavy (non-hydrogen) atoms. The molecule has 0 bridgehead atoms. The van der Waals surface area contributed by atoms with E-state index in [9.17, 15) is 0 Å². The maximum atomic E-state index is 4.25. The molecule has 2 heterocycles. The molecule has 1 unspecified atom stereocenters. The molecular weight excluding hydrogens is 236 g/mol. The van der Waals surface area contributed by atoms with E-state index in [1.807, 2.05) is 36.9 Å². The summed E-state index contributed by atoms with van der Waals surface area (Å²) in [5.74, 6) is 0. The average Bonchev–Trinajstić information content (AvgIpc) is 2.46. The van der Waals surface area contributed by atoms with Gasteiger partial charge in [0.25, 0.3) is 0 Å². The molecule has 2 rings (SSSR count). The van der Waals surface area contributed by atoms with Gasteiger partial charge in [-0.05, 0) is 37.1 Å². The maximum Gasteiger partial charge on any atom is 0.0552 e. The Bertz CT molecular complexity index is 499. The van der Waals surface area contributed by atoms with Crippen LogP contribution in [0.1, 0.15) is 31.9 Å². The van der Waals surface area contributed by atoms with Gasteiger partial charge in [-0.3, -0.25) is 9.97 Å². The van der Waals surface area contributed by atoms with Crippen molar-refractivity contribution < 1.29 is 0 Å². The van der Waals surface area contributed by atoms with Crippen molar-refractivity contribution >= 4 is 11.4 Å². The second kappa shape index (κ2) is 6.73. The summed E-state index contributed by atoms with van der Waals surface area (Å²) in [5.41, 5.74) is 3.28. The molecule has 4 heteroatoms. The van der Waals surface area contributed by atoms with E-state index < -0.39 is 0 Å². The lowest BCUT2D eigenvalue weighted by atomic mass is 10.1. The second-order valence-corrected chi connectivity index (χ2v) is 4.54. The zero-order valence-corrected chi connectivity index (χ0v) is 11.4. The number of nitrogens with one attached hydrogen (secondary N) is 2. The minimum Gasteiger partial charge on any atom is -0.384 e. The predicted octanol–water partition coefficient (Wildman–Crippen LogP) is 3.47. The molecule has 4 nitrogen and oxygen atoms in total. The Labute approximate surface area is 114 Å². The second-order valence-electron chi connectivity index (χ2n) is 4.54. The lowest BCUT2D eigenvalue weighted by Gasteiger charge is -2.16. The Morgan fingerprint density at radius 2 is 1.84 bits per heavy atom. The van der Waals surface area contributed by atoms with Gasteiger partial charge >= 0.3 is 0 Å². The Kier molecular flexibility index (Phi) is 4.72. The Morgan fingerprint density at radius 3 is 2.58 bits per heavy atom. The Hall–Kier alpha value is -2.10. The summed E-state index contributed by atoms with van der Waals surface area (Å²) in [6.45, 7) is 5.24. The minimum atomic E-state index is 0.228. The van der Waals surface area contributed by atoms with Crippen molar-refractivity contribution in [3.63, 3.8) is 0 Å². The molecule has 0 aliphatic carbocycles. The molecule has 0 aliphatic heterocycles. The van der Waals surface area contributed by atoms with Gasteiger partial charge in [-0.15, -0.1) is 0 Å². The molecular formula is C15H20N4. The van der Waals surface area contributed by atoms with Crippen LogP contribution >= 0.6 is 0 Å². The number of nitrogens with zero attached hydrogens (tertiary/aromatic N) is 2. The Balaban J connectivity index is 2.02. The predicted molar refractivity (Wildman–Crippen MR) is 79.3 cm³/mol. The van der Waals surface area contributed by atoms with Crippen molar-refractivity contribution in [3.8, 4) is 0 Å². The maximum absolute atomic E-state index is 4.25. The van der Waals surface area contributed by atoms with Crippen molar-refractivity contribution in [2.45, 2.75) is 26.3 Å². The van der Waals surface area contributed by atoms with E-state index in [-0.39, 0.29) is 6.04 Å². The van der Waals surface area contributed by atoms with Crippen LogP contribution in [0.5, 0.6) is 0 Å². The van der Waals surface area contributed by atoms with Gasteiger partial charge in [0.2, 0.25) is 0 Å². The van der Waals surface area contributed by atoms with Crippen LogP contribution in [0.25, 0.3) is 0 Å². The molecule has 0 aliphatic rings. The van der Waals surface area contributed by atoms with Gasteiger partial charge in [0.15, 0.2) is 0 Å². The normalized spacial score (nSPS) is 11.9. The lowest BCUT2D eigenvalue weighted by Crippen LogP contribution is -2.07. The van der Waals surface area contributed by atoms with E-state index >= 15 is 0 Å². The highest BCUT2D eigenvalue weighted by molar-refractivity contribution is 5.54. The van der Waals surface area contributed by atoms with E-state index in [1.54, 1.807) is 0 Å². The zero-order valence-electron chi connectivity index (χ0n) is 11.4. The monoisotopic (exact) mass is 256 g/mol. The summed E-state index contributed by atoms with van der Waals surface area (Å²) >= 11 is 0. The number of hydrogen-bond donors (Lipinski definition) is 2. The molecule has 2 aromatic heterocycles. The summed E-state index contributed by atoms with van der Waals surface area (Å²) in [6.07, 6.45) is 8.41. The molecule has 100 valence electrons. The first-order chi connectivity index (χ1) is 9.29. The summed E-state index contributed by atoms with van der Waals surface area (Å²) in [6, 6.07) is 6.35. The van der Waals surface area contributed by atoms with Gasteiger partial charge in [-0.2, -0.15) is 0 Å². The molecule has 0 radical (unpaired) electrons. The van der Waals surface area contributed by atoms with Gasteiger partial charge in [-0.1, -0.05) is 6.92 Å². The number of aromatic nitrogens is 2. The molecule has 1 atom stereocenters. The molecule has 0 fully saturated rings. The van der Waals surface area contributed by atoms with Crippen LogP contribution in [-0.2, 0) is 0 Å². The van der Waals surface area contributed by atoms with Crippen LogP contribution in [0.15, 0.2) is 43.0 Å². The Morgan fingerprint density at radius 1 is 1.11 bits per heavy atom. The van der Waals surface area contributed by atoms with Gasteiger partial charge in [-0.25, -0.2) is 0 Å². The molecule has 2 aromatic rings. The highest BCUT2D eigenvalue weighted by Gasteiger charge is 2.05. The zero-order chi connectivity index (χ0) is 13.5.